The fourth-order valence-electron chi connectivity index (χ4n) is 3.55. The van der Waals surface area contributed by atoms with Gasteiger partial charge in [-0.05, 0) is 18.2 Å². The second kappa shape index (κ2) is 8.43. The van der Waals surface area contributed by atoms with E-state index in [2.05, 4.69) is 19.8 Å². The largest absolute Gasteiger partial charge is 0.497 e. The molecule has 1 aromatic carbocycles. The van der Waals surface area contributed by atoms with Crippen molar-refractivity contribution in [2.24, 2.45) is 0 Å². The number of amides is 1. The summed E-state index contributed by atoms with van der Waals surface area (Å²) < 4.78 is 10.6. The summed E-state index contributed by atoms with van der Waals surface area (Å²) >= 11 is 0. The van der Waals surface area contributed by atoms with Crippen molar-refractivity contribution in [2.75, 3.05) is 69.4 Å². The minimum atomic E-state index is 0.0373. The van der Waals surface area contributed by atoms with Crippen LogP contribution in [0.25, 0.3) is 0 Å². The van der Waals surface area contributed by atoms with Gasteiger partial charge >= 0.3 is 0 Å². The van der Waals surface area contributed by atoms with Gasteiger partial charge in [0.2, 0.25) is 0 Å². The zero-order valence-electron chi connectivity index (χ0n) is 16.1. The van der Waals surface area contributed by atoms with Crippen molar-refractivity contribution < 1.29 is 14.3 Å². The standard InChI is InChI=1S/C20H25N5O3/c1-27-17-4-2-3-16(13-17)20(26)25-7-5-23(6-8-25)18-14-19(22-15-21-18)24-9-11-28-12-10-24/h2-4,13-15H,5-12H2,1H3. The predicted octanol–water partition coefficient (Wildman–Crippen LogP) is 1.28. The fourth-order valence-corrected chi connectivity index (χ4v) is 3.55. The summed E-state index contributed by atoms with van der Waals surface area (Å²) in [6.45, 7) is 5.96. The molecule has 0 bridgehead atoms. The van der Waals surface area contributed by atoms with Crippen LogP contribution in [0.4, 0.5) is 11.6 Å². The molecule has 28 heavy (non-hydrogen) atoms. The Hall–Kier alpha value is -2.87. The number of carbonyl (C=O) groups is 1. The van der Waals surface area contributed by atoms with Gasteiger partial charge in [-0.25, -0.2) is 9.97 Å². The number of hydrogen-bond donors (Lipinski definition) is 0. The summed E-state index contributed by atoms with van der Waals surface area (Å²) in [6.07, 6.45) is 1.62. The lowest BCUT2D eigenvalue weighted by Gasteiger charge is -2.36. The number of piperazine rings is 1. The summed E-state index contributed by atoms with van der Waals surface area (Å²) in [4.78, 5) is 28.0. The van der Waals surface area contributed by atoms with Gasteiger partial charge in [-0.1, -0.05) is 6.07 Å². The van der Waals surface area contributed by atoms with Crippen LogP contribution in [0.5, 0.6) is 5.75 Å². The van der Waals surface area contributed by atoms with Crippen LogP contribution in [0.3, 0.4) is 0 Å². The van der Waals surface area contributed by atoms with Crippen LogP contribution in [0.2, 0.25) is 0 Å². The molecule has 0 atom stereocenters. The zero-order chi connectivity index (χ0) is 19.3. The number of nitrogens with zero attached hydrogens (tertiary/aromatic N) is 5. The van der Waals surface area contributed by atoms with Crippen LogP contribution in [-0.2, 0) is 4.74 Å². The molecule has 0 N–H and O–H groups in total. The number of aromatic nitrogens is 2. The van der Waals surface area contributed by atoms with E-state index in [4.69, 9.17) is 9.47 Å². The Morgan fingerprint density at radius 1 is 0.964 bits per heavy atom. The minimum Gasteiger partial charge on any atom is -0.497 e. The summed E-state index contributed by atoms with van der Waals surface area (Å²) in [7, 11) is 1.61. The molecule has 0 radical (unpaired) electrons. The smallest absolute Gasteiger partial charge is 0.254 e. The van der Waals surface area contributed by atoms with E-state index < -0.39 is 0 Å². The van der Waals surface area contributed by atoms with Gasteiger partial charge in [-0.15, -0.1) is 0 Å². The summed E-state index contributed by atoms with van der Waals surface area (Å²) in [5.41, 5.74) is 0.657. The number of rotatable bonds is 4. The van der Waals surface area contributed by atoms with Crippen molar-refractivity contribution in [1.29, 1.82) is 0 Å². The second-order valence-corrected chi connectivity index (χ2v) is 6.85. The van der Waals surface area contributed by atoms with Crippen LogP contribution in [-0.4, -0.2) is 80.4 Å². The molecule has 1 aromatic heterocycles. The topological polar surface area (TPSA) is 71.0 Å². The van der Waals surface area contributed by atoms with E-state index >= 15 is 0 Å². The third-order valence-electron chi connectivity index (χ3n) is 5.18. The molecule has 0 saturated carbocycles. The van der Waals surface area contributed by atoms with Gasteiger partial charge in [0.1, 0.15) is 23.7 Å². The van der Waals surface area contributed by atoms with Crippen molar-refractivity contribution in [3.8, 4) is 5.75 Å². The number of hydrogen-bond acceptors (Lipinski definition) is 7. The van der Waals surface area contributed by atoms with Crippen molar-refractivity contribution in [1.82, 2.24) is 14.9 Å². The zero-order valence-corrected chi connectivity index (χ0v) is 16.1. The average molecular weight is 383 g/mol. The first-order valence-corrected chi connectivity index (χ1v) is 9.57. The maximum Gasteiger partial charge on any atom is 0.254 e. The van der Waals surface area contributed by atoms with Crippen molar-refractivity contribution >= 4 is 17.5 Å². The molecule has 1 amide bonds. The third kappa shape index (κ3) is 4.01. The molecule has 8 heteroatoms. The van der Waals surface area contributed by atoms with Gasteiger partial charge in [-0.2, -0.15) is 0 Å². The average Bonchev–Trinajstić information content (AvgIpc) is 2.79. The fraction of sp³-hybridized carbons (Fsp3) is 0.450. The molecule has 4 rings (SSSR count). The summed E-state index contributed by atoms with van der Waals surface area (Å²) in [5, 5.41) is 0. The first kappa shape index (κ1) is 18.5. The molecule has 0 unspecified atom stereocenters. The molecule has 2 saturated heterocycles. The molecule has 2 aromatic rings. The Bertz CT molecular complexity index is 817. The lowest BCUT2D eigenvalue weighted by atomic mass is 10.1. The predicted molar refractivity (Wildman–Crippen MR) is 106 cm³/mol. The van der Waals surface area contributed by atoms with Gasteiger partial charge in [0, 0.05) is 50.9 Å². The molecule has 2 aliphatic rings. The molecule has 0 spiro atoms. The maximum absolute atomic E-state index is 12.8. The number of carbonyl (C=O) groups excluding carboxylic acids is 1. The van der Waals surface area contributed by atoms with E-state index in [0.717, 1.165) is 51.0 Å². The number of anilines is 2. The lowest BCUT2D eigenvalue weighted by Crippen LogP contribution is -2.49. The molecule has 0 aliphatic carbocycles. The SMILES string of the molecule is COc1cccc(C(=O)N2CCN(c3cc(N4CCOCC4)ncn3)CC2)c1. The number of ether oxygens (including phenoxy) is 2. The van der Waals surface area contributed by atoms with E-state index in [1.54, 1.807) is 19.5 Å². The normalized spacial score (nSPS) is 17.5. The van der Waals surface area contributed by atoms with E-state index in [0.29, 0.717) is 24.4 Å². The van der Waals surface area contributed by atoms with Gasteiger partial charge in [-0.3, -0.25) is 4.79 Å². The number of benzene rings is 1. The van der Waals surface area contributed by atoms with Crippen LogP contribution in [0, 0.1) is 0 Å². The monoisotopic (exact) mass is 383 g/mol. The Balaban J connectivity index is 1.39. The number of morpholine rings is 1. The van der Waals surface area contributed by atoms with Crippen LogP contribution in [0.1, 0.15) is 10.4 Å². The second-order valence-electron chi connectivity index (χ2n) is 6.85. The maximum atomic E-state index is 12.8. The molecule has 2 aliphatic heterocycles. The van der Waals surface area contributed by atoms with Gasteiger partial charge in [0.25, 0.3) is 5.91 Å². The van der Waals surface area contributed by atoms with E-state index in [1.165, 1.54) is 0 Å². The van der Waals surface area contributed by atoms with Crippen LogP contribution < -0.4 is 14.5 Å². The Morgan fingerprint density at radius 3 is 2.32 bits per heavy atom. The van der Waals surface area contributed by atoms with Gasteiger partial charge in [0.05, 0.1) is 20.3 Å². The molecular formula is C20H25N5O3. The Kier molecular flexibility index (Phi) is 5.57. The first-order chi connectivity index (χ1) is 13.7. The molecule has 2 fully saturated rings. The van der Waals surface area contributed by atoms with Crippen LogP contribution in [0.15, 0.2) is 36.7 Å². The molecule has 8 nitrogen and oxygen atoms in total. The lowest BCUT2D eigenvalue weighted by molar-refractivity contribution is 0.0746. The highest BCUT2D eigenvalue weighted by Crippen LogP contribution is 2.21. The van der Waals surface area contributed by atoms with Crippen molar-refractivity contribution in [3.05, 3.63) is 42.2 Å². The van der Waals surface area contributed by atoms with E-state index in [1.807, 2.05) is 29.2 Å². The van der Waals surface area contributed by atoms with Crippen LogP contribution >= 0.6 is 0 Å². The third-order valence-corrected chi connectivity index (χ3v) is 5.18. The summed E-state index contributed by atoms with van der Waals surface area (Å²) in [5.74, 6) is 2.57. The van der Waals surface area contributed by atoms with E-state index in [-0.39, 0.29) is 5.91 Å². The Labute approximate surface area is 164 Å². The highest BCUT2D eigenvalue weighted by Gasteiger charge is 2.24. The Morgan fingerprint density at radius 2 is 1.64 bits per heavy atom. The molecule has 148 valence electrons. The highest BCUT2D eigenvalue weighted by molar-refractivity contribution is 5.94. The van der Waals surface area contributed by atoms with E-state index in [9.17, 15) is 4.79 Å². The minimum absolute atomic E-state index is 0.0373. The quantitative estimate of drug-likeness (QED) is 0.788. The van der Waals surface area contributed by atoms with Crippen molar-refractivity contribution in [3.63, 3.8) is 0 Å². The highest BCUT2D eigenvalue weighted by atomic mass is 16.5. The number of methoxy groups -OCH3 is 1. The van der Waals surface area contributed by atoms with Crippen molar-refractivity contribution in [2.45, 2.75) is 0 Å². The van der Waals surface area contributed by atoms with Gasteiger partial charge in [0.15, 0.2) is 0 Å². The summed E-state index contributed by atoms with van der Waals surface area (Å²) in [6, 6.07) is 9.33. The first-order valence-electron chi connectivity index (χ1n) is 9.57. The molecule has 3 heterocycles. The van der Waals surface area contributed by atoms with Gasteiger partial charge < -0.3 is 24.2 Å². The molecular weight excluding hydrogens is 358 g/mol.